The van der Waals surface area contributed by atoms with Crippen LogP contribution >= 0.6 is 11.3 Å². The first-order valence-corrected chi connectivity index (χ1v) is 12.8. The van der Waals surface area contributed by atoms with Crippen molar-refractivity contribution in [1.82, 2.24) is 4.90 Å². The second-order valence-electron chi connectivity index (χ2n) is 9.30. The normalized spacial score (nSPS) is 17.9. The van der Waals surface area contributed by atoms with Gasteiger partial charge in [0.15, 0.2) is 0 Å². The van der Waals surface area contributed by atoms with Crippen LogP contribution in [0.15, 0.2) is 54.6 Å². The minimum Gasteiger partial charge on any atom is -0.492 e. The molecule has 1 amide bonds. The highest BCUT2D eigenvalue weighted by molar-refractivity contribution is 7.16. The van der Waals surface area contributed by atoms with Gasteiger partial charge in [0.05, 0.1) is 16.3 Å². The van der Waals surface area contributed by atoms with Gasteiger partial charge in [-0.05, 0) is 54.8 Å². The zero-order valence-electron chi connectivity index (χ0n) is 19.8. The van der Waals surface area contributed by atoms with Crippen LogP contribution in [0, 0.1) is 5.82 Å². The molecule has 3 heterocycles. The molecule has 1 saturated heterocycles. The topological polar surface area (TPSA) is 65.0 Å². The fourth-order valence-corrected chi connectivity index (χ4v) is 5.91. The summed E-state index contributed by atoms with van der Waals surface area (Å²) < 4.78 is 20.2. The van der Waals surface area contributed by atoms with E-state index in [1.807, 2.05) is 35.2 Å². The van der Waals surface area contributed by atoms with Gasteiger partial charge in [-0.3, -0.25) is 9.69 Å². The van der Waals surface area contributed by atoms with Crippen LogP contribution in [-0.2, 0) is 23.5 Å². The third kappa shape index (κ3) is 5.34. The van der Waals surface area contributed by atoms with Crippen molar-refractivity contribution in [2.24, 2.45) is 0 Å². The number of fused-ring (bicyclic) bond motifs is 1. The van der Waals surface area contributed by atoms with Gasteiger partial charge < -0.3 is 20.1 Å². The van der Waals surface area contributed by atoms with Crippen molar-refractivity contribution in [2.75, 3.05) is 36.5 Å². The molecule has 6 nitrogen and oxygen atoms in total. The van der Waals surface area contributed by atoms with Gasteiger partial charge in [0.2, 0.25) is 5.91 Å². The number of thiophene rings is 1. The van der Waals surface area contributed by atoms with Gasteiger partial charge in [0, 0.05) is 50.1 Å². The molecule has 0 radical (unpaired) electrons. The zero-order chi connectivity index (χ0) is 24.4. The van der Waals surface area contributed by atoms with E-state index < -0.39 is 5.60 Å². The van der Waals surface area contributed by atoms with E-state index in [0.29, 0.717) is 44.8 Å². The number of rotatable bonds is 5. The molecule has 8 heteroatoms. The standard InChI is InChI=1S/C27H30FN3O3S/c1-19(32)29-26-9-7-22(35-26)18-30-14-15-34-25-8-6-21(16-20(25)17-30)27(33)10-12-31(13-11-27)24-5-3-2-4-23(24)28/h2-9,16,33H,10-15,17-18H2,1H3,(H,29,32). The van der Waals surface area contributed by atoms with Crippen LogP contribution in [0.5, 0.6) is 5.75 Å². The summed E-state index contributed by atoms with van der Waals surface area (Å²) in [6.07, 6.45) is 1.07. The van der Waals surface area contributed by atoms with Crippen LogP contribution in [0.2, 0.25) is 0 Å². The Bertz CT molecular complexity index is 1210. The average molecular weight is 496 g/mol. The van der Waals surface area contributed by atoms with Gasteiger partial charge >= 0.3 is 0 Å². The number of aliphatic hydroxyl groups is 1. The number of nitrogens with zero attached hydrogens (tertiary/aromatic N) is 2. The molecule has 0 unspecified atom stereocenters. The molecule has 2 aromatic carbocycles. The SMILES string of the molecule is CC(=O)Nc1ccc(CN2CCOc3ccc(C4(O)CCN(c5ccccc5F)CC4)cc3C2)s1. The summed E-state index contributed by atoms with van der Waals surface area (Å²) >= 11 is 1.58. The van der Waals surface area contributed by atoms with E-state index in [-0.39, 0.29) is 11.7 Å². The predicted molar refractivity (Wildman–Crippen MR) is 136 cm³/mol. The largest absolute Gasteiger partial charge is 0.492 e. The Kier molecular flexibility index (Phi) is 6.77. The van der Waals surface area contributed by atoms with Crippen molar-refractivity contribution in [3.05, 3.63) is 76.4 Å². The number of carbonyl (C=O) groups is 1. The molecule has 3 aromatic rings. The lowest BCUT2D eigenvalue weighted by Crippen LogP contribution is -2.43. The average Bonchev–Trinajstić information content (AvgIpc) is 3.16. The van der Waals surface area contributed by atoms with Crippen LogP contribution in [-0.4, -0.2) is 42.2 Å². The number of halogens is 1. The highest BCUT2D eigenvalue weighted by atomic mass is 32.1. The Morgan fingerprint density at radius 3 is 2.71 bits per heavy atom. The van der Waals surface area contributed by atoms with Gasteiger partial charge in [0.25, 0.3) is 0 Å². The van der Waals surface area contributed by atoms with E-state index in [4.69, 9.17) is 4.74 Å². The second-order valence-corrected chi connectivity index (χ2v) is 10.5. The smallest absolute Gasteiger partial charge is 0.221 e. The number of benzene rings is 2. The fraction of sp³-hybridized carbons (Fsp3) is 0.370. The Labute approximate surface area is 208 Å². The molecule has 1 fully saturated rings. The van der Waals surface area contributed by atoms with E-state index >= 15 is 0 Å². The minimum absolute atomic E-state index is 0.0688. The number of carbonyl (C=O) groups excluding carboxylic acids is 1. The Balaban J connectivity index is 1.28. The molecule has 2 N–H and O–H groups in total. The van der Waals surface area contributed by atoms with E-state index in [1.165, 1.54) is 17.9 Å². The van der Waals surface area contributed by atoms with Crippen molar-refractivity contribution < 1.29 is 19.0 Å². The summed E-state index contributed by atoms with van der Waals surface area (Å²) in [5.74, 6) is 0.560. The number of hydrogen-bond donors (Lipinski definition) is 2. The Hall–Kier alpha value is -2.94. The maximum Gasteiger partial charge on any atom is 0.221 e. The number of nitrogens with one attached hydrogen (secondary N) is 1. The van der Waals surface area contributed by atoms with E-state index in [2.05, 4.69) is 16.3 Å². The molecule has 0 atom stereocenters. The van der Waals surface area contributed by atoms with E-state index in [1.54, 1.807) is 23.5 Å². The lowest BCUT2D eigenvalue weighted by molar-refractivity contribution is -0.114. The Morgan fingerprint density at radius 2 is 1.94 bits per heavy atom. The molecule has 2 aliphatic heterocycles. The molecule has 0 aliphatic carbocycles. The summed E-state index contributed by atoms with van der Waals surface area (Å²) in [6, 6.07) is 16.8. The maximum atomic E-state index is 14.2. The van der Waals surface area contributed by atoms with Gasteiger partial charge in [-0.1, -0.05) is 18.2 Å². The van der Waals surface area contributed by atoms with Gasteiger partial charge in [-0.2, -0.15) is 0 Å². The minimum atomic E-state index is -0.949. The molecule has 0 saturated carbocycles. The molecule has 2 aliphatic rings. The number of hydrogen-bond acceptors (Lipinski definition) is 6. The quantitative estimate of drug-likeness (QED) is 0.536. The first kappa shape index (κ1) is 23.8. The van der Waals surface area contributed by atoms with Gasteiger partial charge in [0.1, 0.15) is 18.2 Å². The first-order chi connectivity index (χ1) is 16.9. The van der Waals surface area contributed by atoms with Crippen LogP contribution < -0.4 is 15.0 Å². The molecular formula is C27H30FN3O3S. The lowest BCUT2D eigenvalue weighted by Gasteiger charge is -2.40. The van der Waals surface area contributed by atoms with Crippen molar-refractivity contribution in [1.29, 1.82) is 0 Å². The van der Waals surface area contributed by atoms with Crippen molar-refractivity contribution >= 4 is 27.9 Å². The molecule has 1 aromatic heterocycles. The van der Waals surface area contributed by atoms with Gasteiger partial charge in [-0.25, -0.2) is 4.39 Å². The maximum absolute atomic E-state index is 14.2. The lowest BCUT2D eigenvalue weighted by atomic mass is 9.83. The zero-order valence-corrected chi connectivity index (χ0v) is 20.6. The third-order valence-corrected chi connectivity index (χ3v) is 7.77. The van der Waals surface area contributed by atoms with E-state index in [0.717, 1.165) is 35.0 Å². The number of amides is 1. The van der Waals surface area contributed by atoms with Crippen LogP contribution in [0.4, 0.5) is 15.1 Å². The molecule has 184 valence electrons. The summed E-state index contributed by atoms with van der Waals surface area (Å²) in [7, 11) is 0. The van der Waals surface area contributed by atoms with Crippen molar-refractivity contribution in [2.45, 2.75) is 38.5 Å². The van der Waals surface area contributed by atoms with E-state index in [9.17, 15) is 14.3 Å². The fourth-order valence-electron chi connectivity index (χ4n) is 4.91. The van der Waals surface area contributed by atoms with Crippen LogP contribution in [0.3, 0.4) is 0 Å². The summed E-state index contributed by atoms with van der Waals surface area (Å²) in [6.45, 7) is 5.56. The second kappa shape index (κ2) is 9.97. The van der Waals surface area contributed by atoms with Gasteiger partial charge in [-0.15, -0.1) is 11.3 Å². The molecular weight excluding hydrogens is 465 g/mol. The highest BCUT2D eigenvalue weighted by Crippen LogP contribution is 2.38. The number of piperidine rings is 1. The predicted octanol–water partition coefficient (Wildman–Crippen LogP) is 4.73. The molecule has 0 spiro atoms. The summed E-state index contributed by atoms with van der Waals surface area (Å²) in [5, 5.41) is 15.2. The highest BCUT2D eigenvalue weighted by Gasteiger charge is 2.35. The molecule has 35 heavy (non-hydrogen) atoms. The first-order valence-electron chi connectivity index (χ1n) is 12.0. The number of ether oxygens (including phenoxy) is 1. The molecule has 0 bridgehead atoms. The number of anilines is 2. The monoisotopic (exact) mass is 495 g/mol. The molecule has 5 rings (SSSR count). The third-order valence-electron chi connectivity index (χ3n) is 6.78. The van der Waals surface area contributed by atoms with Crippen LogP contribution in [0.1, 0.15) is 35.8 Å². The summed E-state index contributed by atoms with van der Waals surface area (Å²) in [5.41, 5.74) is 1.59. The van der Waals surface area contributed by atoms with Crippen molar-refractivity contribution in [3.8, 4) is 5.75 Å². The number of para-hydroxylation sites is 1. The van der Waals surface area contributed by atoms with Crippen molar-refractivity contribution in [3.63, 3.8) is 0 Å². The summed E-state index contributed by atoms with van der Waals surface area (Å²) in [4.78, 5) is 16.8. The van der Waals surface area contributed by atoms with Crippen LogP contribution in [0.25, 0.3) is 0 Å². The Morgan fingerprint density at radius 1 is 1.14 bits per heavy atom.